The minimum atomic E-state index is -3.13. The van der Waals surface area contributed by atoms with Crippen molar-refractivity contribution in [2.75, 3.05) is 6.61 Å². The number of hydrogen-bond acceptors (Lipinski definition) is 4. The van der Waals surface area contributed by atoms with Crippen LogP contribution in [0.3, 0.4) is 0 Å². The Morgan fingerprint density at radius 3 is 2.24 bits per heavy atom. The highest BCUT2D eigenvalue weighted by Gasteiger charge is 2.23. The van der Waals surface area contributed by atoms with Crippen molar-refractivity contribution in [2.45, 2.75) is 40.7 Å². The lowest BCUT2D eigenvalue weighted by Crippen LogP contribution is -2.20. The molecule has 0 aliphatic rings. The number of halogens is 3. The standard InChI is InChI=1S/C26H25F3O5/c1-14-17(11-15-5-7-16(8-6-15)24(32)26(2,3)4)21(34-25(28)29)12-18-19(27)9-10-20(23(14)18)33-13-22(30)31/h5-10,12,25H,11,13H2,1-4H3,(H,30,31). The Morgan fingerprint density at radius 1 is 1.03 bits per heavy atom. The van der Waals surface area contributed by atoms with Gasteiger partial charge in [-0.1, -0.05) is 45.0 Å². The van der Waals surface area contributed by atoms with Crippen LogP contribution in [-0.4, -0.2) is 30.1 Å². The average Bonchev–Trinajstić information content (AvgIpc) is 2.75. The minimum Gasteiger partial charge on any atom is -0.481 e. The van der Waals surface area contributed by atoms with Gasteiger partial charge >= 0.3 is 12.6 Å². The third-order valence-electron chi connectivity index (χ3n) is 5.40. The molecule has 0 amide bonds. The van der Waals surface area contributed by atoms with Gasteiger partial charge < -0.3 is 14.6 Å². The summed E-state index contributed by atoms with van der Waals surface area (Å²) in [4.78, 5) is 23.5. The second kappa shape index (κ2) is 9.75. The third kappa shape index (κ3) is 5.50. The van der Waals surface area contributed by atoms with Gasteiger partial charge in [0.05, 0.1) is 0 Å². The molecule has 0 heterocycles. The van der Waals surface area contributed by atoms with Crippen LogP contribution in [0, 0.1) is 18.2 Å². The number of fused-ring (bicyclic) bond motifs is 1. The Kier molecular flexibility index (Phi) is 7.19. The van der Waals surface area contributed by atoms with Gasteiger partial charge in [0.2, 0.25) is 0 Å². The van der Waals surface area contributed by atoms with Crippen LogP contribution < -0.4 is 9.47 Å². The van der Waals surface area contributed by atoms with Gasteiger partial charge in [-0.2, -0.15) is 8.78 Å². The second-order valence-corrected chi connectivity index (χ2v) is 8.96. The van der Waals surface area contributed by atoms with E-state index in [0.29, 0.717) is 16.7 Å². The minimum absolute atomic E-state index is 0.0223. The molecule has 0 saturated heterocycles. The summed E-state index contributed by atoms with van der Waals surface area (Å²) in [6.45, 7) is 3.29. The van der Waals surface area contributed by atoms with Gasteiger partial charge in [0.25, 0.3) is 0 Å². The zero-order chi connectivity index (χ0) is 25.2. The molecule has 0 aliphatic carbocycles. The molecule has 0 aliphatic heterocycles. The molecule has 3 aromatic rings. The van der Waals surface area contributed by atoms with Crippen LogP contribution in [0.15, 0.2) is 42.5 Å². The highest BCUT2D eigenvalue weighted by molar-refractivity contribution is 5.99. The molecule has 1 N–H and O–H groups in total. The van der Waals surface area contributed by atoms with Crippen LogP contribution >= 0.6 is 0 Å². The van der Waals surface area contributed by atoms with Crippen LogP contribution in [0.4, 0.5) is 13.2 Å². The van der Waals surface area contributed by atoms with Crippen LogP contribution in [0.5, 0.6) is 11.5 Å². The number of carboxylic acid groups (broad SMARTS) is 1. The van der Waals surface area contributed by atoms with Gasteiger partial charge in [0, 0.05) is 33.7 Å². The van der Waals surface area contributed by atoms with Crippen molar-refractivity contribution in [3.63, 3.8) is 0 Å². The molecule has 34 heavy (non-hydrogen) atoms. The molecule has 0 atom stereocenters. The number of benzene rings is 3. The lowest BCUT2D eigenvalue weighted by molar-refractivity contribution is -0.139. The molecule has 0 spiro atoms. The Bertz CT molecular complexity index is 1230. The third-order valence-corrected chi connectivity index (χ3v) is 5.40. The summed E-state index contributed by atoms with van der Waals surface area (Å²) in [5, 5.41) is 9.20. The maximum atomic E-state index is 14.6. The smallest absolute Gasteiger partial charge is 0.387 e. The number of aryl methyl sites for hydroxylation is 1. The van der Waals surface area contributed by atoms with Gasteiger partial charge in [-0.15, -0.1) is 0 Å². The number of ether oxygens (including phenoxy) is 2. The predicted octanol–water partition coefficient (Wildman–Crippen LogP) is 6.17. The molecule has 0 unspecified atom stereocenters. The second-order valence-electron chi connectivity index (χ2n) is 8.96. The van der Waals surface area contributed by atoms with Crippen LogP contribution in [0.1, 0.15) is 47.8 Å². The Hall–Kier alpha value is -3.55. The number of Topliss-reactive ketones (excluding diaryl/α,β-unsaturated/α-hetero) is 1. The Morgan fingerprint density at radius 2 is 1.68 bits per heavy atom. The number of carboxylic acids is 1. The fraction of sp³-hybridized carbons (Fsp3) is 0.308. The van der Waals surface area contributed by atoms with E-state index in [1.807, 2.05) is 20.8 Å². The normalized spacial score (nSPS) is 11.6. The first kappa shape index (κ1) is 25.1. The topological polar surface area (TPSA) is 72.8 Å². The van der Waals surface area contributed by atoms with E-state index in [1.165, 1.54) is 12.1 Å². The average molecular weight is 474 g/mol. The molecule has 5 nitrogen and oxygen atoms in total. The maximum Gasteiger partial charge on any atom is 0.387 e. The fourth-order valence-corrected chi connectivity index (χ4v) is 3.75. The number of ketones is 1. The molecule has 0 bridgehead atoms. The molecular weight excluding hydrogens is 449 g/mol. The summed E-state index contributed by atoms with van der Waals surface area (Å²) in [5.74, 6) is -2.00. The van der Waals surface area contributed by atoms with Gasteiger partial charge in [-0.05, 0) is 36.2 Å². The SMILES string of the molecule is Cc1c(Cc2ccc(C(=O)C(C)(C)C)cc2)c(OC(F)F)cc2c(F)ccc(OCC(=O)O)c12. The molecular formula is C26H25F3O5. The van der Waals surface area contributed by atoms with Gasteiger partial charge in [0.15, 0.2) is 12.4 Å². The molecule has 3 aromatic carbocycles. The highest BCUT2D eigenvalue weighted by Crippen LogP contribution is 2.39. The Balaban J connectivity index is 2.11. The maximum absolute atomic E-state index is 14.6. The molecule has 180 valence electrons. The Labute approximate surface area is 195 Å². The first-order chi connectivity index (χ1) is 15.9. The number of carbonyl (C=O) groups excluding carboxylic acids is 1. The van der Waals surface area contributed by atoms with E-state index in [2.05, 4.69) is 0 Å². The number of hydrogen-bond donors (Lipinski definition) is 1. The van der Waals surface area contributed by atoms with E-state index in [4.69, 9.17) is 14.6 Å². The van der Waals surface area contributed by atoms with E-state index in [1.54, 1.807) is 31.2 Å². The molecule has 8 heteroatoms. The summed E-state index contributed by atoms with van der Waals surface area (Å²) in [6.07, 6.45) is 0.155. The van der Waals surface area contributed by atoms with Crippen molar-refractivity contribution in [1.82, 2.24) is 0 Å². The largest absolute Gasteiger partial charge is 0.481 e. The fourth-order valence-electron chi connectivity index (χ4n) is 3.75. The number of rotatable bonds is 8. The number of carbonyl (C=O) groups is 2. The van der Waals surface area contributed by atoms with Crippen molar-refractivity contribution in [3.05, 3.63) is 70.5 Å². The van der Waals surface area contributed by atoms with Crippen LogP contribution in [0.25, 0.3) is 10.8 Å². The summed E-state index contributed by atoms with van der Waals surface area (Å²) in [7, 11) is 0. The molecule has 0 fully saturated rings. The summed E-state index contributed by atoms with van der Waals surface area (Å²) in [6, 6.07) is 10.4. The van der Waals surface area contributed by atoms with E-state index in [0.717, 1.165) is 11.6 Å². The number of aliphatic carboxylic acids is 1. The van der Waals surface area contributed by atoms with Gasteiger partial charge in [-0.3, -0.25) is 4.79 Å². The van der Waals surface area contributed by atoms with E-state index >= 15 is 0 Å². The van der Waals surface area contributed by atoms with Crippen molar-refractivity contribution < 1.29 is 37.3 Å². The van der Waals surface area contributed by atoms with Crippen LogP contribution in [-0.2, 0) is 11.2 Å². The molecule has 0 radical (unpaired) electrons. The van der Waals surface area contributed by atoms with Gasteiger partial charge in [0.1, 0.15) is 17.3 Å². The van der Waals surface area contributed by atoms with Crippen molar-refractivity contribution in [1.29, 1.82) is 0 Å². The molecule has 0 aromatic heterocycles. The predicted molar refractivity (Wildman–Crippen MR) is 121 cm³/mol. The first-order valence-corrected chi connectivity index (χ1v) is 10.6. The summed E-state index contributed by atoms with van der Waals surface area (Å²) in [5.41, 5.74) is 1.49. The molecule has 0 saturated carbocycles. The lowest BCUT2D eigenvalue weighted by Gasteiger charge is -2.19. The van der Waals surface area contributed by atoms with E-state index in [-0.39, 0.29) is 34.5 Å². The quantitative estimate of drug-likeness (QED) is 0.395. The van der Waals surface area contributed by atoms with E-state index < -0.39 is 30.4 Å². The summed E-state index contributed by atoms with van der Waals surface area (Å²) < 4.78 is 51.0. The monoisotopic (exact) mass is 474 g/mol. The first-order valence-electron chi connectivity index (χ1n) is 10.6. The zero-order valence-corrected chi connectivity index (χ0v) is 19.2. The summed E-state index contributed by atoms with van der Waals surface area (Å²) >= 11 is 0. The number of alkyl halides is 2. The van der Waals surface area contributed by atoms with Crippen molar-refractivity contribution in [2.24, 2.45) is 5.41 Å². The van der Waals surface area contributed by atoms with Crippen molar-refractivity contribution >= 4 is 22.5 Å². The lowest BCUT2D eigenvalue weighted by atomic mass is 9.86. The highest BCUT2D eigenvalue weighted by atomic mass is 19.3. The van der Waals surface area contributed by atoms with Crippen molar-refractivity contribution in [3.8, 4) is 11.5 Å². The van der Waals surface area contributed by atoms with Gasteiger partial charge in [-0.25, -0.2) is 9.18 Å². The van der Waals surface area contributed by atoms with E-state index in [9.17, 15) is 22.8 Å². The zero-order valence-electron chi connectivity index (χ0n) is 19.2. The molecule has 3 rings (SSSR count). The van der Waals surface area contributed by atoms with Crippen LogP contribution in [0.2, 0.25) is 0 Å².